The average Bonchev–Trinajstić information content (AvgIpc) is 1.78. The number of carbonyl (C=O) groups is 1. The zero-order valence-electron chi connectivity index (χ0n) is 9.59. The van der Waals surface area contributed by atoms with Crippen LogP contribution in [0.4, 0.5) is 4.79 Å². The summed E-state index contributed by atoms with van der Waals surface area (Å²) in [7, 11) is 0. The first-order valence-corrected chi connectivity index (χ1v) is 5.13. The lowest BCUT2D eigenvalue weighted by molar-refractivity contribution is 0.0187. The summed E-state index contributed by atoms with van der Waals surface area (Å²) in [5.74, 6) is 0. The quantitative estimate of drug-likeness (QED) is 0.450. The maximum Gasteiger partial charge on any atom is 0.509 e. The van der Waals surface area contributed by atoms with E-state index in [4.69, 9.17) is 9.47 Å². The number of carbonyl (C=O) groups excluding carboxylic acids is 1. The Bertz CT molecular complexity index is 189. The van der Waals surface area contributed by atoms with E-state index in [1.165, 1.54) is 0 Å². The summed E-state index contributed by atoms with van der Waals surface area (Å²) in [5, 5.41) is 0. The fourth-order valence-corrected chi connectivity index (χ4v) is 0.748. The normalized spacial score (nSPS) is 12.4. The maximum absolute atomic E-state index is 11.1. The molecule has 0 aliphatic heterocycles. The molecule has 84 valence electrons. The van der Waals surface area contributed by atoms with Gasteiger partial charge in [-0.15, -0.1) is 12.6 Å². The first-order valence-electron chi connectivity index (χ1n) is 4.68. The van der Waals surface area contributed by atoms with E-state index in [0.717, 1.165) is 6.42 Å². The van der Waals surface area contributed by atoms with Crippen molar-refractivity contribution in [2.75, 3.05) is 6.61 Å². The summed E-state index contributed by atoms with van der Waals surface area (Å²) in [5.41, 5.74) is 0.163. The van der Waals surface area contributed by atoms with Gasteiger partial charge in [-0.25, -0.2) is 4.79 Å². The molecule has 3 nitrogen and oxygen atoms in total. The Morgan fingerprint density at radius 2 is 1.71 bits per heavy atom. The van der Waals surface area contributed by atoms with Gasteiger partial charge in [0.05, 0.1) is 6.61 Å². The third kappa shape index (κ3) is 9.71. The van der Waals surface area contributed by atoms with Crippen molar-refractivity contribution in [1.82, 2.24) is 0 Å². The molecule has 0 rings (SSSR count). The molecule has 0 aliphatic rings. The van der Waals surface area contributed by atoms with Gasteiger partial charge in [-0.3, -0.25) is 0 Å². The van der Waals surface area contributed by atoms with Gasteiger partial charge in [0, 0.05) is 0 Å². The van der Waals surface area contributed by atoms with Gasteiger partial charge < -0.3 is 9.47 Å². The number of rotatable bonds is 3. The van der Waals surface area contributed by atoms with E-state index in [-0.39, 0.29) is 5.41 Å². The Labute approximate surface area is 91.6 Å². The van der Waals surface area contributed by atoms with Crippen LogP contribution in [0.25, 0.3) is 0 Å². The Balaban J connectivity index is 3.66. The second kappa shape index (κ2) is 4.91. The van der Waals surface area contributed by atoms with E-state index < -0.39 is 11.1 Å². The van der Waals surface area contributed by atoms with Gasteiger partial charge in [-0.2, -0.15) is 0 Å². The molecule has 0 atom stereocenters. The van der Waals surface area contributed by atoms with E-state index in [1.54, 1.807) is 13.8 Å². The predicted molar refractivity (Wildman–Crippen MR) is 59.6 cm³/mol. The van der Waals surface area contributed by atoms with Gasteiger partial charge in [0.25, 0.3) is 0 Å². The number of hydrogen-bond acceptors (Lipinski definition) is 4. The van der Waals surface area contributed by atoms with Gasteiger partial charge in [-0.1, -0.05) is 20.8 Å². The summed E-state index contributed by atoms with van der Waals surface area (Å²) >= 11 is 4.05. The molecule has 0 heterocycles. The second-order valence-corrected chi connectivity index (χ2v) is 6.03. The van der Waals surface area contributed by atoms with Crippen LogP contribution in [0.2, 0.25) is 0 Å². The van der Waals surface area contributed by atoms with Crippen molar-refractivity contribution in [3.63, 3.8) is 0 Å². The molecule has 0 amide bonds. The van der Waals surface area contributed by atoms with Crippen molar-refractivity contribution in [3.05, 3.63) is 0 Å². The summed E-state index contributed by atoms with van der Waals surface area (Å²) in [6.07, 6.45) is 0.156. The van der Waals surface area contributed by atoms with Gasteiger partial charge >= 0.3 is 6.16 Å². The highest BCUT2D eigenvalue weighted by molar-refractivity contribution is 7.81. The molecule has 0 N–H and O–H groups in total. The summed E-state index contributed by atoms with van der Waals surface area (Å²) in [6.45, 7) is 10.0. The summed E-state index contributed by atoms with van der Waals surface area (Å²) in [4.78, 5) is 10.3. The monoisotopic (exact) mass is 220 g/mol. The molecule has 14 heavy (non-hydrogen) atoms. The molecule has 0 spiro atoms. The maximum atomic E-state index is 11.1. The van der Waals surface area contributed by atoms with Crippen LogP contribution in [0.3, 0.4) is 0 Å². The number of hydrogen-bond donors (Lipinski definition) is 1. The molecule has 0 aliphatic carbocycles. The van der Waals surface area contributed by atoms with E-state index in [2.05, 4.69) is 33.4 Å². The number of ether oxygens (including phenoxy) is 2. The van der Waals surface area contributed by atoms with Crippen molar-refractivity contribution >= 4 is 18.8 Å². The van der Waals surface area contributed by atoms with Crippen LogP contribution >= 0.6 is 12.6 Å². The number of thiol groups is 1. The third-order valence-corrected chi connectivity index (χ3v) is 1.50. The van der Waals surface area contributed by atoms with Crippen molar-refractivity contribution in [2.24, 2.45) is 5.41 Å². The van der Waals surface area contributed by atoms with Gasteiger partial charge in [0.2, 0.25) is 0 Å². The highest BCUT2D eigenvalue weighted by atomic mass is 32.1. The smallest absolute Gasteiger partial charge is 0.434 e. The van der Waals surface area contributed by atoms with Gasteiger partial charge in [-0.05, 0) is 25.7 Å². The Morgan fingerprint density at radius 3 is 2.07 bits per heavy atom. The van der Waals surface area contributed by atoms with Crippen LogP contribution in [-0.4, -0.2) is 17.7 Å². The van der Waals surface area contributed by atoms with Gasteiger partial charge in [0.1, 0.15) is 0 Å². The molecule has 0 aromatic rings. The second-order valence-electron chi connectivity index (χ2n) is 4.96. The van der Waals surface area contributed by atoms with E-state index >= 15 is 0 Å². The first-order chi connectivity index (χ1) is 6.10. The van der Waals surface area contributed by atoms with Gasteiger partial charge in [0.15, 0.2) is 4.93 Å². The lowest BCUT2D eigenvalue weighted by Crippen LogP contribution is -2.23. The molecular weight excluding hydrogens is 200 g/mol. The minimum Gasteiger partial charge on any atom is -0.434 e. The van der Waals surface area contributed by atoms with Crippen LogP contribution in [0.1, 0.15) is 41.0 Å². The zero-order valence-corrected chi connectivity index (χ0v) is 10.5. The first kappa shape index (κ1) is 13.6. The molecule has 0 saturated carbocycles. The minimum atomic E-state index is -0.779. The Morgan fingerprint density at radius 1 is 1.21 bits per heavy atom. The zero-order chi connectivity index (χ0) is 11.4. The van der Waals surface area contributed by atoms with E-state index in [0.29, 0.717) is 6.61 Å². The molecule has 0 saturated heterocycles. The molecule has 0 bridgehead atoms. The van der Waals surface area contributed by atoms with Crippen molar-refractivity contribution in [1.29, 1.82) is 0 Å². The van der Waals surface area contributed by atoms with Crippen molar-refractivity contribution < 1.29 is 14.3 Å². The standard InChI is InChI=1S/C10H20O3S/c1-9(2,3)6-7-12-8(11)13-10(4,5)14/h14H,6-7H2,1-5H3. The summed E-state index contributed by atoms with van der Waals surface area (Å²) in [6, 6.07) is 0. The molecule has 0 fully saturated rings. The SMILES string of the molecule is CC(C)(C)CCOC(=O)OC(C)(C)S. The molecule has 0 aromatic carbocycles. The molecule has 4 heteroatoms. The largest absolute Gasteiger partial charge is 0.509 e. The Hall–Kier alpha value is -0.380. The topological polar surface area (TPSA) is 35.5 Å². The molecule has 0 aromatic heterocycles. The third-order valence-electron chi connectivity index (χ3n) is 1.41. The highest BCUT2D eigenvalue weighted by Crippen LogP contribution is 2.19. The van der Waals surface area contributed by atoms with Crippen LogP contribution in [0, 0.1) is 5.41 Å². The highest BCUT2D eigenvalue weighted by Gasteiger charge is 2.19. The summed E-state index contributed by atoms with van der Waals surface area (Å²) < 4.78 is 9.74. The molecule has 0 radical (unpaired) electrons. The average molecular weight is 220 g/mol. The molecule has 0 unspecified atom stereocenters. The predicted octanol–water partition coefficient (Wildman–Crippen LogP) is 3.24. The lowest BCUT2D eigenvalue weighted by atomic mass is 9.93. The Kier molecular flexibility index (Phi) is 4.78. The van der Waals surface area contributed by atoms with Crippen LogP contribution in [0.15, 0.2) is 0 Å². The van der Waals surface area contributed by atoms with E-state index in [1.807, 2.05) is 0 Å². The molecular formula is C10H20O3S. The van der Waals surface area contributed by atoms with Crippen molar-refractivity contribution in [3.8, 4) is 0 Å². The van der Waals surface area contributed by atoms with E-state index in [9.17, 15) is 4.79 Å². The van der Waals surface area contributed by atoms with Crippen LogP contribution in [0.5, 0.6) is 0 Å². The fraction of sp³-hybridized carbons (Fsp3) is 0.900. The fourth-order valence-electron chi connectivity index (χ4n) is 0.674. The minimum absolute atomic E-state index is 0.163. The van der Waals surface area contributed by atoms with Crippen molar-refractivity contribution in [2.45, 2.75) is 46.0 Å². The lowest BCUT2D eigenvalue weighted by Gasteiger charge is -2.20. The van der Waals surface area contributed by atoms with Crippen LogP contribution in [-0.2, 0) is 9.47 Å². The van der Waals surface area contributed by atoms with Crippen LogP contribution < -0.4 is 0 Å².